The van der Waals surface area contributed by atoms with E-state index in [0.29, 0.717) is 38.8 Å². The largest absolute Gasteiger partial charge is 0.465 e. The summed E-state index contributed by atoms with van der Waals surface area (Å²) in [4.78, 5) is 9.83. The summed E-state index contributed by atoms with van der Waals surface area (Å²) in [5.74, 6) is 0.674. The van der Waals surface area contributed by atoms with Crippen molar-refractivity contribution in [3.05, 3.63) is 0 Å². The summed E-state index contributed by atoms with van der Waals surface area (Å²) in [6, 6.07) is 0. The minimum absolute atomic E-state index is 0.317. The minimum Gasteiger partial charge on any atom is -0.465 e. The predicted molar refractivity (Wildman–Crippen MR) is 67.0 cm³/mol. The highest BCUT2D eigenvalue weighted by Crippen LogP contribution is 2.12. The third-order valence-corrected chi connectivity index (χ3v) is 2.68. The molecule has 17 heavy (non-hydrogen) atoms. The Morgan fingerprint density at radius 3 is 2.41 bits per heavy atom. The molecule has 0 spiro atoms. The van der Waals surface area contributed by atoms with Gasteiger partial charge in [0.1, 0.15) is 6.61 Å². The second-order valence-corrected chi connectivity index (χ2v) is 4.07. The highest BCUT2D eigenvalue weighted by molar-refractivity contribution is 5.36. The van der Waals surface area contributed by atoms with Crippen LogP contribution in [0.4, 0.5) is 0 Å². The monoisotopic (exact) mass is 246 g/mol. The third-order valence-electron chi connectivity index (χ3n) is 2.68. The molecule has 0 aromatic heterocycles. The Hall–Kier alpha value is -0.610. The van der Waals surface area contributed by atoms with Crippen molar-refractivity contribution in [3.63, 3.8) is 0 Å². The minimum atomic E-state index is 0.317. The first-order valence-electron chi connectivity index (χ1n) is 6.55. The molecule has 1 unspecified atom stereocenters. The van der Waals surface area contributed by atoms with Gasteiger partial charge in [-0.05, 0) is 12.3 Å². The van der Waals surface area contributed by atoms with E-state index in [1.807, 2.05) is 0 Å². The Balaban J connectivity index is 3.21. The highest BCUT2D eigenvalue weighted by Gasteiger charge is 2.05. The van der Waals surface area contributed by atoms with Crippen LogP contribution >= 0.6 is 0 Å². The van der Waals surface area contributed by atoms with E-state index >= 15 is 0 Å². The fraction of sp³-hybridized carbons (Fsp3) is 0.923. The number of carbonyl (C=O) groups is 1. The van der Waals surface area contributed by atoms with Gasteiger partial charge in [-0.1, -0.05) is 33.1 Å². The molecule has 4 nitrogen and oxygen atoms in total. The van der Waals surface area contributed by atoms with Crippen LogP contribution in [-0.2, 0) is 19.0 Å². The average molecular weight is 246 g/mol. The van der Waals surface area contributed by atoms with E-state index in [2.05, 4.69) is 18.6 Å². The van der Waals surface area contributed by atoms with Gasteiger partial charge in [-0.25, -0.2) is 0 Å². The van der Waals surface area contributed by atoms with Crippen LogP contribution in [0.15, 0.2) is 0 Å². The zero-order valence-corrected chi connectivity index (χ0v) is 11.2. The number of unbranched alkanes of at least 4 members (excludes halogenated alkanes) is 1. The second kappa shape index (κ2) is 13.5. The summed E-state index contributed by atoms with van der Waals surface area (Å²) in [5.41, 5.74) is 0. The van der Waals surface area contributed by atoms with E-state index in [-0.39, 0.29) is 0 Å². The molecule has 0 aliphatic heterocycles. The number of carbonyl (C=O) groups excluding carboxylic acids is 1. The van der Waals surface area contributed by atoms with Crippen molar-refractivity contribution in [1.82, 2.24) is 0 Å². The van der Waals surface area contributed by atoms with Crippen LogP contribution in [0.3, 0.4) is 0 Å². The van der Waals surface area contributed by atoms with E-state index in [4.69, 9.17) is 9.47 Å². The molecule has 0 aromatic carbocycles. The molecule has 0 aliphatic carbocycles. The maximum absolute atomic E-state index is 9.83. The number of hydrogen-bond donors (Lipinski definition) is 0. The molecule has 0 aliphatic rings. The normalized spacial score (nSPS) is 12.4. The summed E-state index contributed by atoms with van der Waals surface area (Å²) < 4.78 is 15.3. The Bertz CT molecular complexity index is 161. The van der Waals surface area contributed by atoms with Gasteiger partial charge in [-0.2, -0.15) is 0 Å². The zero-order chi connectivity index (χ0) is 12.8. The molecule has 4 heteroatoms. The van der Waals surface area contributed by atoms with Crippen LogP contribution in [0.5, 0.6) is 0 Å². The van der Waals surface area contributed by atoms with Crippen molar-refractivity contribution in [3.8, 4) is 0 Å². The van der Waals surface area contributed by atoms with Crippen molar-refractivity contribution >= 4 is 6.47 Å². The number of hydrogen-bond acceptors (Lipinski definition) is 4. The average Bonchev–Trinajstić information content (AvgIpc) is 2.36. The third kappa shape index (κ3) is 11.6. The van der Waals surface area contributed by atoms with Crippen molar-refractivity contribution in [2.24, 2.45) is 5.92 Å². The maximum atomic E-state index is 9.83. The van der Waals surface area contributed by atoms with Gasteiger partial charge in [-0.3, -0.25) is 4.79 Å². The van der Waals surface area contributed by atoms with Gasteiger partial charge in [0, 0.05) is 6.61 Å². The molecule has 0 heterocycles. The smallest absolute Gasteiger partial charge is 0.293 e. The topological polar surface area (TPSA) is 44.8 Å². The van der Waals surface area contributed by atoms with Gasteiger partial charge in [0.2, 0.25) is 0 Å². The van der Waals surface area contributed by atoms with Crippen molar-refractivity contribution in [1.29, 1.82) is 0 Å². The van der Waals surface area contributed by atoms with Crippen molar-refractivity contribution in [2.45, 2.75) is 39.5 Å². The van der Waals surface area contributed by atoms with Crippen LogP contribution in [0.25, 0.3) is 0 Å². The molecule has 0 saturated heterocycles. The van der Waals surface area contributed by atoms with Crippen LogP contribution in [0.2, 0.25) is 0 Å². The highest BCUT2D eigenvalue weighted by atomic mass is 16.6. The lowest BCUT2D eigenvalue weighted by Gasteiger charge is -2.14. The van der Waals surface area contributed by atoms with Crippen LogP contribution in [0.1, 0.15) is 39.5 Å². The van der Waals surface area contributed by atoms with E-state index in [0.717, 1.165) is 6.61 Å². The fourth-order valence-corrected chi connectivity index (χ4v) is 1.52. The fourth-order valence-electron chi connectivity index (χ4n) is 1.52. The van der Waals surface area contributed by atoms with E-state index in [9.17, 15) is 4.79 Å². The van der Waals surface area contributed by atoms with Crippen molar-refractivity contribution < 1.29 is 19.0 Å². The van der Waals surface area contributed by atoms with Gasteiger partial charge < -0.3 is 14.2 Å². The summed E-state index contributed by atoms with van der Waals surface area (Å²) in [6.07, 6.45) is 4.95. The second-order valence-electron chi connectivity index (χ2n) is 4.07. The molecular weight excluding hydrogens is 220 g/mol. The Morgan fingerprint density at radius 1 is 1.06 bits per heavy atom. The van der Waals surface area contributed by atoms with Gasteiger partial charge in [0.05, 0.1) is 19.8 Å². The Morgan fingerprint density at radius 2 is 1.76 bits per heavy atom. The molecule has 0 bridgehead atoms. The molecule has 0 fully saturated rings. The predicted octanol–water partition coefficient (Wildman–Crippen LogP) is 2.41. The lowest BCUT2D eigenvalue weighted by molar-refractivity contribution is -0.130. The lowest BCUT2D eigenvalue weighted by Crippen LogP contribution is -2.13. The van der Waals surface area contributed by atoms with Gasteiger partial charge >= 0.3 is 0 Å². The summed E-state index contributed by atoms with van der Waals surface area (Å²) in [6.45, 7) is 7.60. The summed E-state index contributed by atoms with van der Waals surface area (Å²) >= 11 is 0. The van der Waals surface area contributed by atoms with E-state index in [1.165, 1.54) is 25.7 Å². The van der Waals surface area contributed by atoms with Crippen LogP contribution in [0, 0.1) is 5.92 Å². The van der Waals surface area contributed by atoms with Crippen LogP contribution < -0.4 is 0 Å². The van der Waals surface area contributed by atoms with Gasteiger partial charge in [-0.15, -0.1) is 0 Å². The standard InChI is InChI=1S/C13H26O4/c1-3-5-6-13(4-2)11-16-9-7-15-8-10-17-12-14/h12-13H,3-11H2,1-2H3. The lowest BCUT2D eigenvalue weighted by atomic mass is 10.0. The first-order valence-corrected chi connectivity index (χ1v) is 6.55. The number of ether oxygens (including phenoxy) is 3. The molecular formula is C13H26O4. The van der Waals surface area contributed by atoms with E-state index in [1.54, 1.807) is 0 Å². The molecule has 0 rings (SSSR count). The Labute approximate surface area is 105 Å². The zero-order valence-electron chi connectivity index (χ0n) is 11.2. The maximum Gasteiger partial charge on any atom is 0.293 e. The molecule has 0 amide bonds. The van der Waals surface area contributed by atoms with Gasteiger partial charge in [0.25, 0.3) is 6.47 Å². The molecule has 0 saturated carbocycles. The molecule has 102 valence electrons. The summed E-state index contributed by atoms with van der Waals surface area (Å²) in [5, 5.41) is 0. The van der Waals surface area contributed by atoms with Gasteiger partial charge in [0.15, 0.2) is 0 Å². The molecule has 0 aromatic rings. The SMILES string of the molecule is CCCCC(CC)COCCOCCOC=O. The number of rotatable bonds is 13. The summed E-state index contributed by atoms with van der Waals surface area (Å²) in [7, 11) is 0. The van der Waals surface area contributed by atoms with E-state index < -0.39 is 0 Å². The van der Waals surface area contributed by atoms with Crippen molar-refractivity contribution in [2.75, 3.05) is 33.0 Å². The Kier molecular flexibility index (Phi) is 13.0. The quantitative estimate of drug-likeness (QED) is 0.370. The molecule has 1 atom stereocenters. The first-order chi connectivity index (χ1) is 8.35. The molecule has 0 radical (unpaired) electrons. The first kappa shape index (κ1) is 16.4. The van der Waals surface area contributed by atoms with Crippen LogP contribution in [-0.4, -0.2) is 39.5 Å². The molecule has 0 N–H and O–H groups in total.